The highest BCUT2D eigenvalue weighted by Crippen LogP contribution is 2.22. The Balaban J connectivity index is 2.98. The molecule has 0 aromatic heterocycles. The fraction of sp³-hybridized carbons (Fsp3) is 0.545. The zero-order valence-corrected chi connectivity index (χ0v) is 19.8. The summed E-state index contributed by atoms with van der Waals surface area (Å²) in [4.78, 5) is 26.8. The van der Waals surface area contributed by atoms with Crippen LogP contribution in [0.1, 0.15) is 47.1 Å². The van der Waals surface area contributed by atoms with E-state index in [0.717, 1.165) is 0 Å². The van der Waals surface area contributed by atoms with Gasteiger partial charge in [0.2, 0.25) is 15.9 Å². The van der Waals surface area contributed by atoms with Gasteiger partial charge in [-0.05, 0) is 23.8 Å². The van der Waals surface area contributed by atoms with Crippen molar-refractivity contribution < 1.29 is 18.0 Å². The number of hydrogen-bond acceptors (Lipinski definition) is 5. The van der Waals surface area contributed by atoms with Gasteiger partial charge in [0, 0.05) is 12.6 Å². The highest BCUT2D eigenvalue weighted by molar-refractivity contribution is 7.89. The van der Waals surface area contributed by atoms with E-state index in [1.807, 2.05) is 34.6 Å². The summed E-state index contributed by atoms with van der Waals surface area (Å²) in [6, 6.07) is 7.52. The molecule has 3 N–H and O–H groups in total. The van der Waals surface area contributed by atoms with Crippen molar-refractivity contribution in [2.45, 2.75) is 59.4 Å². The average molecular weight is 438 g/mol. The Morgan fingerprint density at radius 3 is 2.17 bits per heavy atom. The minimum Gasteiger partial charge on any atom is -0.338 e. The molecule has 0 bridgehead atoms. The Hall–Kier alpha value is -2.19. The zero-order valence-electron chi connectivity index (χ0n) is 19.0. The predicted molar refractivity (Wildman–Crippen MR) is 120 cm³/mol. The molecule has 1 aromatic carbocycles. The molecule has 30 heavy (non-hydrogen) atoms. The molecule has 0 saturated carbocycles. The van der Waals surface area contributed by atoms with Gasteiger partial charge in [-0.3, -0.25) is 9.59 Å². The third-order valence-corrected chi connectivity index (χ3v) is 6.11. The highest BCUT2D eigenvalue weighted by Gasteiger charge is 2.33. The number of sulfonamides is 1. The quantitative estimate of drug-likeness (QED) is 0.607. The minimum absolute atomic E-state index is 0.00482. The summed E-state index contributed by atoms with van der Waals surface area (Å²) in [5.74, 6) is -1.24. The average Bonchev–Trinajstić information content (AvgIpc) is 2.63. The molecular weight excluding hydrogens is 402 g/mol. The summed E-state index contributed by atoms with van der Waals surface area (Å²) in [5, 5.41) is 0. The second kappa shape index (κ2) is 10.2. The van der Waals surface area contributed by atoms with Crippen LogP contribution in [-0.2, 0) is 25.4 Å². The van der Waals surface area contributed by atoms with E-state index in [2.05, 4.69) is 4.72 Å². The van der Waals surface area contributed by atoms with Crippen LogP contribution in [0.4, 0.5) is 0 Å². The van der Waals surface area contributed by atoms with Gasteiger partial charge in [-0.25, -0.2) is 13.1 Å². The number of nitrogens with one attached hydrogen (secondary N) is 1. The van der Waals surface area contributed by atoms with Gasteiger partial charge < -0.3 is 10.6 Å². The number of rotatable bonds is 8. The van der Waals surface area contributed by atoms with Crippen LogP contribution < -0.4 is 10.5 Å². The summed E-state index contributed by atoms with van der Waals surface area (Å²) < 4.78 is 26.8. The van der Waals surface area contributed by atoms with Gasteiger partial charge in [-0.15, -0.1) is 0 Å². The van der Waals surface area contributed by atoms with Crippen LogP contribution >= 0.6 is 0 Å². The van der Waals surface area contributed by atoms with Crippen molar-refractivity contribution in [1.29, 1.82) is 0 Å². The standard InChI is InChI=1S/C22H35N3O4S/c1-15(2)18(25(7)21(27)19(23)22(4,5)6)13-16(3)20(26)24-30(28,29)14-17-11-9-8-10-12-17/h8-13,15,18-19H,14,23H2,1-7H3,(H,24,26)/b16-13+/t18-,19-/m1/s1. The van der Waals surface area contributed by atoms with E-state index in [1.165, 1.54) is 11.8 Å². The van der Waals surface area contributed by atoms with E-state index in [-0.39, 0.29) is 23.2 Å². The Morgan fingerprint density at radius 2 is 1.70 bits per heavy atom. The van der Waals surface area contributed by atoms with E-state index < -0.39 is 33.4 Å². The largest absolute Gasteiger partial charge is 0.338 e. The SMILES string of the molecule is C/C(=C\[C@H](C(C)C)N(C)C(=O)[C@@H](N)C(C)(C)C)C(=O)NS(=O)(=O)Cc1ccccc1. The molecule has 0 aliphatic rings. The number of nitrogens with zero attached hydrogens (tertiary/aromatic N) is 1. The molecule has 0 heterocycles. The third kappa shape index (κ3) is 7.57. The lowest BCUT2D eigenvalue weighted by molar-refractivity contribution is -0.135. The van der Waals surface area contributed by atoms with Gasteiger partial charge in [0.15, 0.2) is 0 Å². The van der Waals surface area contributed by atoms with Crippen LogP contribution in [-0.4, -0.2) is 44.3 Å². The van der Waals surface area contributed by atoms with Crippen LogP contribution in [0.5, 0.6) is 0 Å². The topological polar surface area (TPSA) is 110 Å². The normalized spacial score (nSPS) is 14.9. The summed E-state index contributed by atoms with van der Waals surface area (Å²) in [6.07, 6.45) is 1.62. The molecule has 0 unspecified atom stereocenters. The maximum atomic E-state index is 12.8. The second-order valence-electron chi connectivity index (χ2n) is 9.05. The minimum atomic E-state index is -3.85. The smallest absolute Gasteiger partial charge is 0.260 e. The molecule has 8 heteroatoms. The van der Waals surface area contributed by atoms with Crippen molar-refractivity contribution >= 4 is 21.8 Å². The predicted octanol–water partition coefficient (Wildman–Crippen LogP) is 2.44. The molecule has 7 nitrogen and oxygen atoms in total. The number of nitrogens with two attached hydrogens (primary N) is 1. The van der Waals surface area contributed by atoms with E-state index >= 15 is 0 Å². The molecule has 0 fully saturated rings. The van der Waals surface area contributed by atoms with Gasteiger partial charge in [-0.2, -0.15) is 0 Å². The van der Waals surface area contributed by atoms with Crippen LogP contribution in [0.3, 0.4) is 0 Å². The third-order valence-electron chi connectivity index (χ3n) is 4.90. The van der Waals surface area contributed by atoms with Crippen molar-refractivity contribution in [3.05, 3.63) is 47.5 Å². The summed E-state index contributed by atoms with van der Waals surface area (Å²) in [7, 11) is -2.20. The molecule has 0 spiro atoms. The first-order chi connectivity index (χ1) is 13.7. The van der Waals surface area contributed by atoms with E-state index in [0.29, 0.717) is 5.56 Å². The van der Waals surface area contributed by atoms with Crippen molar-refractivity contribution in [2.24, 2.45) is 17.1 Å². The number of carbonyl (C=O) groups is 2. The van der Waals surface area contributed by atoms with E-state index in [9.17, 15) is 18.0 Å². The molecule has 0 aliphatic carbocycles. The van der Waals surface area contributed by atoms with Crippen LogP contribution in [0, 0.1) is 11.3 Å². The van der Waals surface area contributed by atoms with Gasteiger partial charge in [0.05, 0.1) is 17.8 Å². The van der Waals surface area contributed by atoms with Crippen LogP contribution in [0.25, 0.3) is 0 Å². The van der Waals surface area contributed by atoms with Crippen molar-refractivity contribution in [2.75, 3.05) is 7.05 Å². The molecule has 1 rings (SSSR count). The van der Waals surface area contributed by atoms with Gasteiger partial charge in [-0.1, -0.05) is 71.0 Å². The number of benzene rings is 1. The van der Waals surface area contributed by atoms with Gasteiger partial charge >= 0.3 is 0 Å². The first-order valence-electron chi connectivity index (χ1n) is 9.95. The first kappa shape index (κ1) is 25.8. The molecule has 0 aliphatic heterocycles. The Kier molecular flexibility index (Phi) is 8.80. The van der Waals surface area contributed by atoms with Crippen molar-refractivity contribution in [1.82, 2.24) is 9.62 Å². The fourth-order valence-electron chi connectivity index (χ4n) is 2.87. The molecule has 0 saturated heterocycles. The maximum Gasteiger partial charge on any atom is 0.260 e. The number of likely N-dealkylation sites (N-methyl/N-ethyl adjacent to an activating group) is 1. The number of amides is 2. The maximum absolute atomic E-state index is 12.8. The van der Waals surface area contributed by atoms with Gasteiger partial charge in [0.1, 0.15) is 0 Å². The first-order valence-corrected chi connectivity index (χ1v) is 11.6. The lowest BCUT2D eigenvalue weighted by Gasteiger charge is -2.35. The van der Waals surface area contributed by atoms with Crippen LogP contribution in [0.2, 0.25) is 0 Å². The molecule has 168 valence electrons. The summed E-state index contributed by atoms with van der Waals surface area (Å²) in [5.41, 5.74) is 6.50. The summed E-state index contributed by atoms with van der Waals surface area (Å²) in [6.45, 7) is 11.0. The van der Waals surface area contributed by atoms with E-state index in [4.69, 9.17) is 5.73 Å². The second-order valence-corrected chi connectivity index (χ2v) is 10.8. The Bertz CT molecular complexity index is 871. The lowest BCUT2D eigenvalue weighted by Crippen LogP contribution is -2.52. The Morgan fingerprint density at radius 1 is 1.17 bits per heavy atom. The highest BCUT2D eigenvalue weighted by atomic mass is 32.2. The zero-order chi connectivity index (χ0) is 23.3. The monoisotopic (exact) mass is 437 g/mol. The van der Waals surface area contributed by atoms with E-state index in [1.54, 1.807) is 43.5 Å². The van der Waals surface area contributed by atoms with Crippen LogP contribution in [0.15, 0.2) is 42.0 Å². The molecule has 1 aromatic rings. The molecular formula is C22H35N3O4S. The van der Waals surface area contributed by atoms with Crippen molar-refractivity contribution in [3.8, 4) is 0 Å². The van der Waals surface area contributed by atoms with Gasteiger partial charge in [0.25, 0.3) is 5.91 Å². The molecule has 0 radical (unpaired) electrons. The Labute approximate surface area is 180 Å². The van der Waals surface area contributed by atoms with Crippen molar-refractivity contribution in [3.63, 3.8) is 0 Å². The molecule has 2 amide bonds. The number of carbonyl (C=O) groups excluding carboxylic acids is 2. The lowest BCUT2D eigenvalue weighted by atomic mass is 9.86. The molecule has 2 atom stereocenters. The fourth-order valence-corrected chi connectivity index (χ4v) is 4.02. The number of hydrogen-bond donors (Lipinski definition) is 2. The summed E-state index contributed by atoms with van der Waals surface area (Å²) >= 11 is 0.